The molecule has 0 aliphatic heterocycles. The van der Waals surface area contributed by atoms with Crippen LogP contribution >= 0.6 is 0 Å². The molecule has 1 aliphatic rings. The Morgan fingerprint density at radius 2 is 1.92 bits per heavy atom. The van der Waals surface area contributed by atoms with Crippen LogP contribution in [0.5, 0.6) is 0 Å². The van der Waals surface area contributed by atoms with Crippen molar-refractivity contribution in [1.82, 2.24) is 4.90 Å². The number of allylic oxidation sites excluding steroid dienone is 9. The van der Waals surface area contributed by atoms with Crippen LogP contribution < -0.4 is 0 Å². The van der Waals surface area contributed by atoms with Crippen molar-refractivity contribution in [2.75, 3.05) is 6.54 Å². The van der Waals surface area contributed by atoms with Crippen molar-refractivity contribution in [1.29, 1.82) is 0 Å². The van der Waals surface area contributed by atoms with Crippen LogP contribution in [0.1, 0.15) is 79.6 Å². The minimum atomic E-state index is 0.982. The highest BCUT2D eigenvalue weighted by Crippen LogP contribution is 2.29. The summed E-state index contributed by atoms with van der Waals surface area (Å²) in [5.74, 6) is 0. The van der Waals surface area contributed by atoms with Gasteiger partial charge in [-0.05, 0) is 44.8 Å². The molecule has 0 fully saturated rings. The lowest BCUT2D eigenvalue weighted by molar-refractivity contribution is 0.402. The first-order valence-electron chi connectivity index (χ1n) is 10.4. The summed E-state index contributed by atoms with van der Waals surface area (Å²) < 4.78 is 0. The van der Waals surface area contributed by atoms with Crippen molar-refractivity contribution in [3.05, 3.63) is 71.1 Å². The van der Waals surface area contributed by atoms with Crippen molar-refractivity contribution in [3.63, 3.8) is 0 Å². The molecule has 0 saturated heterocycles. The molecular formula is C25H39N. The number of hydrogen-bond acceptors (Lipinski definition) is 1. The van der Waals surface area contributed by atoms with Gasteiger partial charge in [0.25, 0.3) is 0 Å². The second-order valence-corrected chi connectivity index (χ2v) is 7.25. The molecule has 0 aromatic rings. The highest BCUT2D eigenvalue weighted by Gasteiger charge is 2.17. The van der Waals surface area contributed by atoms with E-state index in [9.17, 15) is 0 Å². The number of nitrogens with zero attached hydrogens (tertiary/aromatic N) is 1. The van der Waals surface area contributed by atoms with Crippen LogP contribution in [-0.2, 0) is 0 Å². The Morgan fingerprint density at radius 1 is 1.15 bits per heavy atom. The van der Waals surface area contributed by atoms with Crippen LogP contribution in [0, 0.1) is 0 Å². The fourth-order valence-electron chi connectivity index (χ4n) is 3.42. The largest absolute Gasteiger partial charge is 0.345 e. The lowest BCUT2D eigenvalue weighted by Gasteiger charge is -2.31. The monoisotopic (exact) mass is 353 g/mol. The number of rotatable bonds is 11. The van der Waals surface area contributed by atoms with E-state index in [0.717, 1.165) is 25.8 Å². The van der Waals surface area contributed by atoms with Crippen molar-refractivity contribution in [2.24, 2.45) is 0 Å². The average molecular weight is 354 g/mol. The van der Waals surface area contributed by atoms with Crippen LogP contribution in [0.4, 0.5) is 0 Å². The van der Waals surface area contributed by atoms with E-state index in [-0.39, 0.29) is 0 Å². The fourth-order valence-corrected chi connectivity index (χ4v) is 3.42. The Hall–Kier alpha value is -1.76. The van der Waals surface area contributed by atoms with Crippen molar-refractivity contribution in [3.8, 4) is 0 Å². The number of hydrogen-bond donors (Lipinski definition) is 0. The molecule has 0 heterocycles. The van der Waals surface area contributed by atoms with Crippen LogP contribution in [0.15, 0.2) is 71.1 Å². The van der Waals surface area contributed by atoms with Gasteiger partial charge in [-0.25, -0.2) is 0 Å². The van der Waals surface area contributed by atoms with Crippen LogP contribution in [-0.4, -0.2) is 11.4 Å². The predicted octanol–water partition coefficient (Wildman–Crippen LogP) is 7.87. The van der Waals surface area contributed by atoms with Crippen LogP contribution in [0.2, 0.25) is 0 Å². The van der Waals surface area contributed by atoms with E-state index in [4.69, 9.17) is 0 Å². The lowest BCUT2D eigenvalue weighted by atomic mass is 10.0. The Morgan fingerprint density at radius 3 is 2.58 bits per heavy atom. The lowest BCUT2D eigenvalue weighted by Crippen LogP contribution is -2.25. The van der Waals surface area contributed by atoms with Gasteiger partial charge in [0.1, 0.15) is 0 Å². The Labute approximate surface area is 162 Å². The molecule has 0 aromatic heterocycles. The summed E-state index contributed by atoms with van der Waals surface area (Å²) in [5, 5.41) is 0. The molecule has 0 spiro atoms. The van der Waals surface area contributed by atoms with Gasteiger partial charge in [-0.2, -0.15) is 0 Å². The van der Waals surface area contributed by atoms with Gasteiger partial charge in [-0.15, -0.1) is 0 Å². The minimum Gasteiger partial charge on any atom is -0.345 e. The van der Waals surface area contributed by atoms with Gasteiger partial charge >= 0.3 is 0 Å². The molecule has 1 rings (SSSR count). The summed E-state index contributed by atoms with van der Waals surface area (Å²) in [6.07, 6.45) is 21.6. The van der Waals surface area contributed by atoms with Crippen molar-refractivity contribution < 1.29 is 0 Å². The average Bonchev–Trinajstić information content (AvgIpc) is 2.78. The Kier molecular flexibility index (Phi) is 10.8. The third-order valence-electron chi connectivity index (χ3n) is 4.86. The molecule has 0 saturated carbocycles. The smallest absolute Gasteiger partial charge is 0.0367 e. The molecule has 0 unspecified atom stereocenters. The quantitative estimate of drug-likeness (QED) is 0.270. The first kappa shape index (κ1) is 22.3. The van der Waals surface area contributed by atoms with E-state index in [1.54, 1.807) is 0 Å². The zero-order valence-corrected chi connectivity index (χ0v) is 17.8. The first-order valence-corrected chi connectivity index (χ1v) is 10.4. The van der Waals surface area contributed by atoms with Gasteiger partial charge in [0, 0.05) is 24.4 Å². The van der Waals surface area contributed by atoms with E-state index in [1.165, 1.54) is 53.8 Å². The molecule has 0 radical (unpaired) electrons. The summed E-state index contributed by atoms with van der Waals surface area (Å²) in [7, 11) is 0. The van der Waals surface area contributed by atoms with Gasteiger partial charge in [-0.3, -0.25) is 0 Å². The van der Waals surface area contributed by atoms with E-state index < -0.39 is 0 Å². The topological polar surface area (TPSA) is 3.24 Å². The summed E-state index contributed by atoms with van der Waals surface area (Å²) in [4.78, 5) is 2.50. The highest BCUT2D eigenvalue weighted by molar-refractivity contribution is 5.40. The molecule has 144 valence electrons. The fraction of sp³-hybridized carbons (Fsp3) is 0.520. The van der Waals surface area contributed by atoms with Crippen LogP contribution in [0.25, 0.3) is 0 Å². The third kappa shape index (κ3) is 7.23. The SMILES string of the molecule is C=C(/C(=C\C=C/C)CCC)N(CCCCCC)C1=C(C)C=C(C)C=CC1. The van der Waals surface area contributed by atoms with E-state index in [2.05, 4.69) is 82.6 Å². The number of unbranched alkanes of at least 4 members (excludes halogenated alkanes) is 3. The molecule has 1 aliphatic carbocycles. The van der Waals surface area contributed by atoms with E-state index in [1.807, 2.05) is 0 Å². The van der Waals surface area contributed by atoms with Gasteiger partial charge in [0.15, 0.2) is 0 Å². The van der Waals surface area contributed by atoms with Crippen LogP contribution in [0.3, 0.4) is 0 Å². The second-order valence-electron chi connectivity index (χ2n) is 7.25. The van der Waals surface area contributed by atoms with Crippen molar-refractivity contribution >= 4 is 0 Å². The maximum atomic E-state index is 4.53. The normalized spacial score (nSPS) is 15.4. The predicted molar refractivity (Wildman–Crippen MR) is 118 cm³/mol. The summed E-state index contributed by atoms with van der Waals surface area (Å²) in [6, 6.07) is 0. The maximum Gasteiger partial charge on any atom is 0.0367 e. The second kappa shape index (κ2) is 12.6. The molecule has 0 atom stereocenters. The van der Waals surface area contributed by atoms with Gasteiger partial charge < -0.3 is 4.90 Å². The zero-order chi connectivity index (χ0) is 19.4. The zero-order valence-electron chi connectivity index (χ0n) is 17.8. The standard InChI is InChI=1S/C25H39N/c1-7-10-12-13-19-26(23(6)24(15-9-3)17-11-8-2)25-18-14-16-21(4)20-22(25)5/h8,11,14,16-17,20H,6-7,9-10,12-13,15,18-19H2,1-5H3/b11-8-,24-17-. The molecule has 26 heavy (non-hydrogen) atoms. The first-order chi connectivity index (χ1) is 12.5. The Bertz CT molecular complexity index is 596. The van der Waals surface area contributed by atoms with Crippen molar-refractivity contribution in [2.45, 2.75) is 79.6 Å². The molecular weight excluding hydrogens is 314 g/mol. The third-order valence-corrected chi connectivity index (χ3v) is 4.86. The minimum absolute atomic E-state index is 0.982. The molecule has 0 N–H and O–H groups in total. The van der Waals surface area contributed by atoms with Gasteiger partial charge in [-0.1, -0.05) is 88.1 Å². The molecule has 0 amide bonds. The molecule has 0 aromatic carbocycles. The van der Waals surface area contributed by atoms with E-state index >= 15 is 0 Å². The molecule has 0 bridgehead atoms. The maximum absolute atomic E-state index is 4.53. The summed E-state index contributed by atoms with van der Waals surface area (Å²) in [5.41, 5.74) is 6.63. The Balaban J connectivity index is 3.16. The molecule has 1 nitrogen and oxygen atoms in total. The highest BCUT2D eigenvalue weighted by atomic mass is 15.1. The summed E-state index contributed by atoms with van der Waals surface area (Å²) in [6.45, 7) is 16.6. The van der Waals surface area contributed by atoms with E-state index in [0.29, 0.717) is 0 Å². The summed E-state index contributed by atoms with van der Waals surface area (Å²) >= 11 is 0. The van der Waals surface area contributed by atoms with Gasteiger partial charge in [0.2, 0.25) is 0 Å². The van der Waals surface area contributed by atoms with Gasteiger partial charge in [0.05, 0.1) is 0 Å². The molecule has 1 heteroatoms.